The van der Waals surface area contributed by atoms with Crippen molar-refractivity contribution in [3.8, 4) is 5.75 Å². The molecule has 0 bridgehead atoms. The maximum absolute atomic E-state index is 13.7. The minimum Gasteiger partial charge on any atom is -0.422 e. The lowest BCUT2D eigenvalue weighted by Gasteiger charge is -2.46. The summed E-state index contributed by atoms with van der Waals surface area (Å²) in [6, 6.07) is 12.1. The van der Waals surface area contributed by atoms with E-state index in [1.54, 1.807) is 0 Å². The van der Waals surface area contributed by atoms with Gasteiger partial charge < -0.3 is 14.5 Å². The molecule has 2 aliphatic rings. The van der Waals surface area contributed by atoms with Crippen LogP contribution in [0.2, 0.25) is 0 Å². The fourth-order valence-corrected chi connectivity index (χ4v) is 7.48. The number of nitrogens with one attached hydrogen (secondary N) is 1. The number of carbonyl (C=O) groups is 2. The number of carbonyl (C=O) groups excluding carboxylic acids is 2. The van der Waals surface area contributed by atoms with Crippen LogP contribution < -0.4 is 10.1 Å². The van der Waals surface area contributed by atoms with Crippen LogP contribution in [0.5, 0.6) is 5.75 Å². The zero-order valence-corrected chi connectivity index (χ0v) is 27.6. The molecule has 1 amide bonds. The molecular weight excluding hydrogens is 534 g/mol. The topological polar surface area (TPSA) is 58.6 Å². The number of rotatable bonds is 13. The van der Waals surface area contributed by atoms with Gasteiger partial charge in [0, 0.05) is 12.1 Å². The maximum atomic E-state index is 13.7. The Morgan fingerprint density at radius 2 is 1.49 bits per heavy atom. The summed E-state index contributed by atoms with van der Waals surface area (Å²) in [5, 5.41) is 3.26. The molecule has 0 saturated carbocycles. The van der Waals surface area contributed by atoms with Gasteiger partial charge in [-0.3, -0.25) is 9.69 Å². The number of hydrogen-bond acceptors (Lipinski definition) is 4. The molecule has 2 aromatic carbocycles. The van der Waals surface area contributed by atoms with Crippen molar-refractivity contribution < 1.29 is 18.8 Å². The minimum atomic E-state index is -0.0839. The average molecular weight is 591 g/mol. The SMILES string of the molecule is CCCC[N+]1(CCCCCN2CCCCC2C(=O)Nc2c(C)cccc2C)CCCCC1C(=O)Oc1c(C)cccc1C. The summed E-state index contributed by atoms with van der Waals surface area (Å²) in [7, 11) is 0. The molecule has 4 rings (SSSR count). The number of quaternary nitrogens is 1. The molecule has 43 heavy (non-hydrogen) atoms. The number of esters is 1. The van der Waals surface area contributed by atoms with Crippen LogP contribution in [0.3, 0.4) is 0 Å². The number of anilines is 1. The maximum Gasteiger partial charge on any atom is 0.370 e. The van der Waals surface area contributed by atoms with E-state index in [0.29, 0.717) is 0 Å². The Kier molecular flexibility index (Phi) is 12.2. The number of benzene rings is 2. The van der Waals surface area contributed by atoms with Crippen molar-refractivity contribution in [2.75, 3.05) is 38.0 Å². The Labute approximate surface area is 260 Å². The number of unbranched alkanes of at least 4 members (excludes halogenated alkanes) is 3. The highest BCUT2D eigenvalue weighted by molar-refractivity contribution is 5.96. The van der Waals surface area contributed by atoms with E-state index in [4.69, 9.17) is 4.74 Å². The molecule has 0 aliphatic carbocycles. The van der Waals surface area contributed by atoms with Gasteiger partial charge in [-0.2, -0.15) is 0 Å². The smallest absolute Gasteiger partial charge is 0.370 e. The molecule has 3 unspecified atom stereocenters. The van der Waals surface area contributed by atoms with Gasteiger partial charge in [0.25, 0.3) is 0 Å². The Hall–Kier alpha value is -2.70. The Morgan fingerprint density at radius 3 is 2.19 bits per heavy atom. The number of para-hydroxylation sites is 2. The van der Waals surface area contributed by atoms with Gasteiger partial charge in [-0.25, -0.2) is 4.79 Å². The molecule has 2 fully saturated rings. The third kappa shape index (κ3) is 8.48. The zero-order valence-electron chi connectivity index (χ0n) is 27.6. The second-order valence-electron chi connectivity index (χ2n) is 13.3. The molecule has 2 aromatic rings. The van der Waals surface area contributed by atoms with Crippen molar-refractivity contribution in [1.29, 1.82) is 0 Å². The molecule has 0 aromatic heterocycles. The summed E-state index contributed by atoms with van der Waals surface area (Å²) in [4.78, 5) is 29.5. The van der Waals surface area contributed by atoms with Crippen LogP contribution in [0.25, 0.3) is 0 Å². The van der Waals surface area contributed by atoms with Crippen molar-refractivity contribution in [3.05, 3.63) is 58.7 Å². The molecule has 236 valence electrons. The van der Waals surface area contributed by atoms with Crippen molar-refractivity contribution in [1.82, 2.24) is 4.90 Å². The number of aryl methyl sites for hydroxylation is 4. The fraction of sp³-hybridized carbons (Fsp3) is 0.622. The van der Waals surface area contributed by atoms with Crippen LogP contribution >= 0.6 is 0 Å². The van der Waals surface area contributed by atoms with Crippen LogP contribution in [-0.4, -0.2) is 66.1 Å². The second-order valence-corrected chi connectivity index (χ2v) is 13.3. The van der Waals surface area contributed by atoms with Gasteiger partial charge in [0.05, 0.1) is 25.7 Å². The number of nitrogens with zero attached hydrogens (tertiary/aromatic N) is 2. The van der Waals surface area contributed by atoms with Crippen molar-refractivity contribution in [3.63, 3.8) is 0 Å². The fourth-order valence-electron chi connectivity index (χ4n) is 7.48. The highest BCUT2D eigenvalue weighted by atomic mass is 16.5. The summed E-state index contributed by atoms with van der Waals surface area (Å²) in [5.74, 6) is 0.836. The number of hydrogen-bond donors (Lipinski definition) is 1. The molecule has 0 radical (unpaired) electrons. The molecule has 2 aliphatic heterocycles. The van der Waals surface area contributed by atoms with Gasteiger partial charge >= 0.3 is 5.97 Å². The van der Waals surface area contributed by atoms with E-state index in [0.717, 1.165) is 135 Å². The third-order valence-electron chi connectivity index (χ3n) is 10.0. The third-order valence-corrected chi connectivity index (χ3v) is 10.0. The first-order valence-electron chi connectivity index (χ1n) is 17.0. The normalized spacial score (nSPS) is 22.7. The zero-order chi connectivity index (χ0) is 30.8. The quantitative estimate of drug-likeness (QED) is 0.113. The lowest BCUT2D eigenvalue weighted by atomic mass is 9.96. The second kappa shape index (κ2) is 15.9. The molecule has 2 heterocycles. The van der Waals surface area contributed by atoms with Crippen molar-refractivity contribution >= 4 is 17.6 Å². The predicted molar refractivity (Wildman–Crippen MR) is 177 cm³/mol. The van der Waals surface area contributed by atoms with Crippen LogP contribution in [-0.2, 0) is 9.59 Å². The average Bonchev–Trinajstić information content (AvgIpc) is 3.00. The van der Waals surface area contributed by atoms with Crippen LogP contribution in [0.4, 0.5) is 5.69 Å². The van der Waals surface area contributed by atoms with E-state index in [2.05, 4.69) is 43.1 Å². The van der Waals surface area contributed by atoms with Crippen molar-refractivity contribution in [2.24, 2.45) is 0 Å². The number of piperidine rings is 2. The summed E-state index contributed by atoms with van der Waals surface area (Å²) in [6.45, 7) is 15.5. The summed E-state index contributed by atoms with van der Waals surface area (Å²) < 4.78 is 7.03. The van der Waals surface area contributed by atoms with E-state index in [9.17, 15) is 9.59 Å². The van der Waals surface area contributed by atoms with Gasteiger partial charge in [0.15, 0.2) is 6.04 Å². The van der Waals surface area contributed by atoms with E-state index in [1.807, 2.05) is 38.1 Å². The van der Waals surface area contributed by atoms with Gasteiger partial charge in [-0.15, -0.1) is 0 Å². The lowest BCUT2D eigenvalue weighted by molar-refractivity contribution is -0.948. The predicted octanol–water partition coefficient (Wildman–Crippen LogP) is 7.66. The van der Waals surface area contributed by atoms with Crippen LogP contribution in [0, 0.1) is 27.7 Å². The van der Waals surface area contributed by atoms with Gasteiger partial charge in [-0.05, 0) is 114 Å². The van der Waals surface area contributed by atoms with Gasteiger partial charge in [0.1, 0.15) is 5.75 Å². The standard InChI is InChI=1S/C37H55N3O3/c1-6-7-25-40(27-14-10-22-33(40)37(42)43-35-30(4)19-16-20-31(35)5)26-13-8-11-23-39-24-12-9-21-32(39)36(41)38-34-28(2)17-15-18-29(34)3/h15-20,32-33H,6-14,21-27H2,1-5H3/p+1. The van der Waals surface area contributed by atoms with Gasteiger partial charge in [-0.1, -0.05) is 56.2 Å². The Morgan fingerprint density at radius 1 is 0.837 bits per heavy atom. The van der Waals surface area contributed by atoms with Crippen molar-refractivity contribution in [2.45, 2.75) is 117 Å². The summed E-state index contributed by atoms with van der Waals surface area (Å²) in [5.41, 5.74) is 5.24. The number of amides is 1. The van der Waals surface area contributed by atoms with Crippen LogP contribution in [0.15, 0.2) is 36.4 Å². The van der Waals surface area contributed by atoms with Crippen LogP contribution in [0.1, 0.15) is 99.8 Å². The molecule has 2 saturated heterocycles. The minimum absolute atomic E-state index is 0.0423. The Bertz CT molecular complexity index is 1190. The molecule has 0 spiro atoms. The summed E-state index contributed by atoms with van der Waals surface area (Å²) in [6.07, 6.45) is 12.0. The molecule has 3 atom stereocenters. The first kappa shape index (κ1) is 33.2. The lowest BCUT2D eigenvalue weighted by Crippen LogP contribution is -2.62. The number of ether oxygens (including phenoxy) is 1. The van der Waals surface area contributed by atoms with E-state index in [-0.39, 0.29) is 24.0 Å². The molecule has 6 nitrogen and oxygen atoms in total. The first-order valence-corrected chi connectivity index (χ1v) is 17.0. The molecule has 1 N–H and O–H groups in total. The first-order chi connectivity index (χ1) is 20.8. The highest BCUT2D eigenvalue weighted by Gasteiger charge is 2.44. The van der Waals surface area contributed by atoms with E-state index in [1.165, 1.54) is 6.42 Å². The monoisotopic (exact) mass is 590 g/mol. The largest absolute Gasteiger partial charge is 0.422 e. The van der Waals surface area contributed by atoms with E-state index >= 15 is 0 Å². The summed E-state index contributed by atoms with van der Waals surface area (Å²) >= 11 is 0. The highest BCUT2D eigenvalue weighted by Crippen LogP contribution is 2.31. The molecule has 6 heteroatoms. The number of likely N-dealkylation sites (tertiary alicyclic amines) is 2. The van der Waals surface area contributed by atoms with Gasteiger partial charge in [0.2, 0.25) is 5.91 Å². The molecular formula is C37H56N3O3+. The Balaban J connectivity index is 1.35. The van der Waals surface area contributed by atoms with E-state index < -0.39 is 0 Å².